The topological polar surface area (TPSA) is 59.7 Å². The van der Waals surface area contributed by atoms with E-state index in [9.17, 15) is 8.78 Å². The van der Waals surface area contributed by atoms with Crippen molar-refractivity contribution in [1.82, 2.24) is 25.0 Å². The lowest BCUT2D eigenvalue weighted by molar-refractivity contribution is 0.0257. The Bertz CT molecular complexity index is 819. The third kappa shape index (κ3) is 3.89. The maximum atomic E-state index is 13.8. The Morgan fingerprint density at radius 3 is 2.44 bits per heavy atom. The van der Waals surface area contributed by atoms with Crippen LogP contribution in [-0.4, -0.2) is 44.0 Å². The average Bonchev–Trinajstić information content (AvgIpc) is 3.16. The second-order valence-corrected chi connectivity index (χ2v) is 9.08. The van der Waals surface area contributed by atoms with Crippen LogP contribution in [0.2, 0.25) is 0 Å². The molecule has 1 aliphatic heterocycles. The molecule has 1 aliphatic carbocycles. The lowest BCUT2D eigenvalue weighted by Gasteiger charge is -2.21. The van der Waals surface area contributed by atoms with Gasteiger partial charge in [-0.15, -0.1) is 10.2 Å². The van der Waals surface area contributed by atoms with Crippen molar-refractivity contribution in [2.45, 2.75) is 77.2 Å². The van der Waals surface area contributed by atoms with Crippen LogP contribution in [0.15, 0.2) is 0 Å². The Kier molecular flexibility index (Phi) is 4.55. The first-order valence-electron chi connectivity index (χ1n) is 9.97. The average molecular weight is 378 g/mol. The highest BCUT2D eigenvalue weighted by Crippen LogP contribution is 2.34. The first-order valence-corrected chi connectivity index (χ1v) is 9.97. The molecule has 0 aromatic carbocycles. The Balaban J connectivity index is 1.72. The largest absolute Gasteiger partial charge is 0.348 e. The molecule has 0 unspecified atom stereocenters. The summed E-state index contributed by atoms with van der Waals surface area (Å²) in [5.74, 6) is -0.992. The predicted molar refractivity (Wildman–Crippen MR) is 100 cm³/mol. The van der Waals surface area contributed by atoms with Gasteiger partial charge in [0.25, 0.3) is 5.92 Å². The maximum absolute atomic E-state index is 13.8. The number of rotatable bonds is 3. The number of anilines is 1. The third-order valence-electron chi connectivity index (χ3n) is 5.56. The van der Waals surface area contributed by atoms with Gasteiger partial charge in [0, 0.05) is 18.4 Å². The molecule has 4 rings (SSSR count). The Labute approximate surface area is 158 Å². The van der Waals surface area contributed by atoms with Crippen LogP contribution >= 0.6 is 0 Å². The molecular weight excluding hydrogens is 350 g/mol. The van der Waals surface area contributed by atoms with Gasteiger partial charge < -0.3 is 4.90 Å². The van der Waals surface area contributed by atoms with Crippen molar-refractivity contribution < 1.29 is 8.78 Å². The molecule has 0 radical (unpaired) electrons. The highest BCUT2D eigenvalue weighted by atomic mass is 19.3. The summed E-state index contributed by atoms with van der Waals surface area (Å²) in [6.07, 6.45) is 6.06. The number of alkyl halides is 2. The fourth-order valence-corrected chi connectivity index (χ4v) is 3.99. The Morgan fingerprint density at radius 1 is 1.07 bits per heavy atom. The summed E-state index contributed by atoms with van der Waals surface area (Å²) < 4.78 is 27.6. The minimum Gasteiger partial charge on any atom is -0.348 e. The SMILES string of the molecule is CC(C)(C)c1nc(N2CCC(F)(F)C2)c2nn(CC3CCCCC3)nc2n1. The van der Waals surface area contributed by atoms with Gasteiger partial charge in [0.1, 0.15) is 5.82 Å². The minimum absolute atomic E-state index is 0.153. The number of aromatic nitrogens is 5. The van der Waals surface area contributed by atoms with Crippen LogP contribution in [0, 0.1) is 5.92 Å². The quantitative estimate of drug-likeness (QED) is 0.809. The van der Waals surface area contributed by atoms with Crippen molar-refractivity contribution in [2.24, 2.45) is 5.92 Å². The van der Waals surface area contributed by atoms with E-state index >= 15 is 0 Å². The van der Waals surface area contributed by atoms with E-state index in [1.54, 1.807) is 9.70 Å². The van der Waals surface area contributed by atoms with Crippen molar-refractivity contribution in [1.29, 1.82) is 0 Å². The Morgan fingerprint density at radius 2 is 1.81 bits per heavy atom. The number of halogens is 2. The fraction of sp³-hybridized carbons (Fsp3) is 0.789. The van der Waals surface area contributed by atoms with E-state index in [0.717, 1.165) is 6.54 Å². The molecule has 27 heavy (non-hydrogen) atoms. The van der Waals surface area contributed by atoms with Gasteiger partial charge >= 0.3 is 0 Å². The zero-order valence-corrected chi connectivity index (χ0v) is 16.4. The number of hydrogen-bond donors (Lipinski definition) is 0. The highest BCUT2D eigenvalue weighted by molar-refractivity contribution is 5.82. The normalized spacial score (nSPS) is 21.3. The molecule has 0 amide bonds. The van der Waals surface area contributed by atoms with Crippen molar-refractivity contribution >= 4 is 17.0 Å². The van der Waals surface area contributed by atoms with E-state index in [-0.39, 0.29) is 24.9 Å². The molecule has 0 atom stereocenters. The van der Waals surface area contributed by atoms with Gasteiger partial charge in [0.05, 0.1) is 13.1 Å². The zero-order valence-electron chi connectivity index (χ0n) is 16.4. The molecule has 0 spiro atoms. The summed E-state index contributed by atoms with van der Waals surface area (Å²) in [5, 5.41) is 9.21. The summed E-state index contributed by atoms with van der Waals surface area (Å²) in [7, 11) is 0. The summed E-state index contributed by atoms with van der Waals surface area (Å²) >= 11 is 0. The molecule has 2 aliphatic rings. The maximum Gasteiger partial charge on any atom is 0.266 e. The van der Waals surface area contributed by atoms with E-state index < -0.39 is 5.92 Å². The van der Waals surface area contributed by atoms with Gasteiger partial charge in [-0.2, -0.15) is 4.80 Å². The molecule has 8 heteroatoms. The lowest BCUT2D eigenvalue weighted by atomic mass is 9.89. The summed E-state index contributed by atoms with van der Waals surface area (Å²) in [5.41, 5.74) is 0.755. The molecular formula is C19H28F2N6. The summed E-state index contributed by atoms with van der Waals surface area (Å²) in [6.45, 7) is 6.77. The zero-order chi connectivity index (χ0) is 19.2. The van der Waals surface area contributed by atoms with E-state index in [0.29, 0.717) is 28.7 Å². The third-order valence-corrected chi connectivity index (χ3v) is 5.56. The van der Waals surface area contributed by atoms with Crippen molar-refractivity contribution in [2.75, 3.05) is 18.0 Å². The van der Waals surface area contributed by atoms with E-state index in [1.807, 2.05) is 20.8 Å². The van der Waals surface area contributed by atoms with Gasteiger partial charge in [0.15, 0.2) is 11.3 Å². The molecule has 0 bridgehead atoms. The van der Waals surface area contributed by atoms with Crippen LogP contribution in [0.1, 0.15) is 65.1 Å². The molecule has 2 aromatic rings. The summed E-state index contributed by atoms with van der Waals surface area (Å²) in [6, 6.07) is 0. The first kappa shape index (κ1) is 18.5. The first-order chi connectivity index (χ1) is 12.7. The van der Waals surface area contributed by atoms with Gasteiger partial charge in [-0.3, -0.25) is 0 Å². The van der Waals surface area contributed by atoms with Crippen LogP contribution in [0.3, 0.4) is 0 Å². The molecule has 1 saturated carbocycles. The standard InChI is InChI=1S/C19H28F2N6/c1-18(2,3)17-22-15-14(16(23-17)26-10-9-19(20,21)12-26)24-27(25-15)11-13-7-5-4-6-8-13/h13H,4-12H2,1-3H3. The van der Waals surface area contributed by atoms with E-state index in [1.165, 1.54) is 32.1 Å². The molecule has 2 fully saturated rings. The Hall–Kier alpha value is -1.86. The molecule has 6 nitrogen and oxygen atoms in total. The van der Waals surface area contributed by atoms with Crippen LogP contribution in [0.5, 0.6) is 0 Å². The van der Waals surface area contributed by atoms with Gasteiger partial charge in [0.2, 0.25) is 5.65 Å². The van der Waals surface area contributed by atoms with Crippen LogP contribution in [-0.2, 0) is 12.0 Å². The molecule has 1 saturated heterocycles. The predicted octanol–water partition coefficient (Wildman–Crippen LogP) is 3.94. The van der Waals surface area contributed by atoms with Crippen LogP contribution in [0.25, 0.3) is 11.2 Å². The highest BCUT2D eigenvalue weighted by Gasteiger charge is 2.40. The van der Waals surface area contributed by atoms with Gasteiger partial charge in [-0.05, 0) is 18.8 Å². The number of hydrogen-bond acceptors (Lipinski definition) is 5. The minimum atomic E-state index is -2.68. The fourth-order valence-electron chi connectivity index (χ4n) is 3.99. The molecule has 2 aromatic heterocycles. The van der Waals surface area contributed by atoms with Crippen LogP contribution < -0.4 is 4.90 Å². The van der Waals surface area contributed by atoms with Crippen molar-refractivity contribution in [3.8, 4) is 0 Å². The second-order valence-electron chi connectivity index (χ2n) is 9.08. The van der Waals surface area contributed by atoms with Gasteiger partial charge in [-0.25, -0.2) is 18.7 Å². The molecule has 0 N–H and O–H groups in total. The smallest absolute Gasteiger partial charge is 0.266 e. The van der Waals surface area contributed by atoms with Crippen LogP contribution in [0.4, 0.5) is 14.6 Å². The van der Waals surface area contributed by atoms with Gasteiger partial charge in [-0.1, -0.05) is 40.0 Å². The monoisotopic (exact) mass is 378 g/mol. The van der Waals surface area contributed by atoms with E-state index in [4.69, 9.17) is 0 Å². The summed E-state index contributed by atoms with van der Waals surface area (Å²) in [4.78, 5) is 12.6. The van der Waals surface area contributed by atoms with Crippen molar-refractivity contribution in [3.63, 3.8) is 0 Å². The van der Waals surface area contributed by atoms with Crippen molar-refractivity contribution in [3.05, 3.63) is 5.82 Å². The number of nitrogens with zero attached hydrogens (tertiary/aromatic N) is 6. The second kappa shape index (κ2) is 6.63. The molecule has 148 valence electrons. The van der Waals surface area contributed by atoms with E-state index in [2.05, 4.69) is 20.2 Å². The lowest BCUT2D eigenvalue weighted by Crippen LogP contribution is -2.27. The molecule has 3 heterocycles. The number of fused-ring (bicyclic) bond motifs is 1.